The molecule has 0 spiro atoms. The van der Waals surface area contributed by atoms with E-state index in [1.807, 2.05) is 4.90 Å². The highest BCUT2D eigenvalue weighted by Crippen LogP contribution is 2.35. The van der Waals surface area contributed by atoms with Crippen LogP contribution in [0.2, 0.25) is 5.02 Å². The second-order valence-corrected chi connectivity index (χ2v) is 5.20. The number of fused-ring (bicyclic) bond motifs is 1. The maximum absolute atomic E-state index is 13.1. The summed E-state index contributed by atoms with van der Waals surface area (Å²) in [4.78, 5) is 13.6. The van der Waals surface area contributed by atoms with Gasteiger partial charge in [-0.3, -0.25) is 4.79 Å². The van der Waals surface area contributed by atoms with Gasteiger partial charge >= 0.3 is 0 Å². The summed E-state index contributed by atoms with van der Waals surface area (Å²) in [5.74, 6) is -0.122. The molecule has 2 atom stereocenters. The minimum absolute atomic E-state index is 0.0123. The fourth-order valence-electron chi connectivity index (χ4n) is 2.94. The Kier molecular flexibility index (Phi) is 2.99. The third-order valence-electron chi connectivity index (χ3n) is 3.77. The number of nitrogens with zero attached hydrogens (tertiary/aromatic N) is 1. The highest BCUT2D eigenvalue weighted by atomic mass is 35.5. The predicted molar refractivity (Wildman–Crippen MR) is 66.9 cm³/mol. The number of carbonyl (C=O) groups excluding carboxylic acids is 1. The van der Waals surface area contributed by atoms with Gasteiger partial charge in [-0.1, -0.05) is 17.7 Å². The first-order chi connectivity index (χ1) is 8.66. The van der Waals surface area contributed by atoms with Crippen LogP contribution in [0.25, 0.3) is 0 Å². The summed E-state index contributed by atoms with van der Waals surface area (Å²) in [7, 11) is 0. The lowest BCUT2D eigenvalue weighted by Gasteiger charge is -2.38. The maximum Gasteiger partial charge on any atom is 0.223 e. The van der Waals surface area contributed by atoms with E-state index in [1.165, 1.54) is 12.1 Å². The molecule has 2 aliphatic heterocycles. The monoisotopic (exact) mass is 268 g/mol. The lowest BCUT2D eigenvalue weighted by molar-refractivity contribution is -0.130. The molecule has 0 unspecified atom stereocenters. The largest absolute Gasteiger partial charge is 0.337 e. The van der Waals surface area contributed by atoms with Gasteiger partial charge in [-0.25, -0.2) is 4.39 Å². The van der Waals surface area contributed by atoms with E-state index < -0.39 is 0 Å². The minimum Gasteiger partial charge on any atom is -0.337 e. The van der Waals surface area contributed by atoms with Crippen LogP contribution in [0.4, 0.5) is 4.39 Å². The molecule has 0 saturated carbocycles. The number of amides is 1. The van der Waals surface area contributed by atoms with Gasteiger partial charge in [0.05, 0.1) is 12.1 Å². The van der Waals surface area contributed by atoms with Crippen molar-refractivity contribution in [2.45, 2.75) is 24.9 Å². The van der Waals surface area contributed by atoms with Crippen molar-refractivity contribution >= 4 is 17.5 Å². The maximum atomic E-state index is 13.1. The normalized spacial score (nSPS) is 27.4. The third-order valence-corrected chi connectivity index (χ3v) is 4.10. The number of carbonyl (C=O) groups is 1. The van der Waals surface area contributed by atoms with Gasteiger partial charge in [-0.15, -0.1) is 0 Å². The zero-order chi connectivity index (χ0) is 12.7. The van der Waals surface area contributed by atoms with Crippen LogP contribution in [0.15, 0.2) is 18.2 Å². The van der Waals surface area contributed by atoms with Crippen molar-refractivity contribution in [3.8, 4) is 0 Å². The van der Waals surface area contributed by atoms with Crippen LogP contribution in [-0.2, 0) is 4.79 Å². The second-order valence-electron chi connectivity index (χ2n) is 4.79. The zero-order valence-electron chi connectivity index (χ0n) is 9.83. The molecule has 1 amide bonds. The van der Waals surface area contributed by atoms with Crippen LogP contribution in [0, 0.1) is 5.82 Å². The zero-order valence-corrected chi connectivity index (χ0v) is 10.6. The molecular formula is C13H14ClFN2O. The van der Waals surface area contributed by atoms with Gasteiger partial charge in [0.15, 0.2) is 0 Å². The molecule has 96 valence electrons. The van der Waals surface area contributed by atoms with Gasteiger partial charge < -0.3 is 10.2 Å². The number of nitrogens with one attached hydrogen (secondary N) is 1. The van der Waals surface area contributed by atoms with Crippen LogP contribution in [0.5, 0.6) is 0 Å². The predicted octanol–water partition coefficient (Wildman–Crippen LogP) is 2.11. The Labute approximate surface area is 110 Å². The first-order valence-corrected chi connectivity index (χ1v) is 6.52. The molecular weight excluding hydrogens is 255 g/mol. The standard InChI is InChI=1S/C13H14ClFN2O/c14-10-7-8(15)1-2-9(10)13-11-3-4-12(18)17(11)6-5-16-13/h1-2,7,11,13,16H,3-6H2/t11-,13-/m0/s1. The van der Waals surface area contributed by atoms with Crippen molar-refractivity contribution in [3.63, 3.8) is 0 Å². The molecule has 0 aliphatic carbocycles. The summed E-state index contributed by atoms with van der Waals surface area (Å²) in [6.45, 7) is 1.50. The van der Waals surface area contributed by atoms with Crippen LogP contribution in [-0.4, -0.2) is 29.9 Å². The van der Waals surface area contributed by atoms with E-state index in [-0.39, 0.29) is 23.8 Å². The van der Waals surface area contributed by atoms with E-state index in [9.17, 15) is 9.18 Å². The van der Waals surface area contributed by atoms with Gasteiger partial charge in [-0.05, 0) is 24.1 Å². The molecule has 2 fully saturated rings. The Bertz CT molecular complexity index is 494. The summed E-state index contributed by atoms with van der Waals surface area (Å²) < 4.78 is 13.1. The van der Waals surface area contributed by atoms with Crippen LogP contribution < -0.4 is 5.32 Å². The van der Waals surface area contributed by atoms with Crippen molar-refractivity contribution in [2.75, 3.05) is 13.1 Å². The highest BCUT2D eigenvalue weighted by molar-refractivity contribution is 6.31. The highest BCUT2D eigenvalue weighted by Gasteiger charge is 2.40. The van der Waals surface area contributed by atoms with E-state index in [0.29, 0.717) is 11.4 Å². The van der Waals surface area contributed by atoms with Crippen molar-refractivity contribution in [3.05, 3.63) is 34.6 Å². The van der Waals surface area contributed by atoms with E-state index in [4.69, 9.17) is 11.6 Å². The molecule has 5 heteroatoms. The molecule has 2 saturated heterocycles. The summed E-state index contributed by atoms with van der Waals surface area (Å²) in [5, 5.41) is 3.81. The molecule has 1 aromatic carbocycles. The molecule has 18 heavy (non-hydrogen) atoms. The Morgan fingerprint density at radius 3 is 3.06 bits per heavy atom. The molecule has 1 aromatic rings. The van der Waals surface area contributed by atoms with Crippen molar-refractivity contribution in [2.24, 2.45) is 0 Å². The number of piperazine rings is 1. The molecule has 0 aromatic heterocycles. The summed E-state index contributed by atoms with van der Waals surface area (Å²) in [5.41, 5.74) is 0.877. The van der Waals surface area contributed by atoms with Gasteiger partial charge in [0.1, 0.15) is 5.82 Å². The summed E-state index contributed by atoms with van der Waals surface area (Å²) >= 11 is 6.11. The van der Waals surface area contributed by atoms with Crippen LogP contribution >= 0.6 is 11.6 Å². The number of rotatable bonds is 1. The minimum atomic E-state index is -0.334. The third kappa shape index (κ3) is 1.89. The van der Waals surface area contributed by atoms with E-state index in [0.717, 1.165) is 25.1 Å². The van der Waals surface area contributed by atoms with E-state index in [2.05, 4.69) is 5.32 Å². The first-order valence-electron chi connectivity index (χ1n) is 6.14. The number of benzene rings is 1. The molecule has 3 rings (SSSR count). The second kappa shape index (κ2) is 4.52. The quantitative estimate of drug-likeness (QED) is 0.846. The number of halogens is 2. The summed E-state index contributed by atoms with van der Waals surface area (Å²) in [6, 6.07) is 4.61. The fourth-order valence-corrected chi connectivity index (χ4v) is 3.23. The molecule has 2 heterocycles. The fraction of sp³-hybridized carbons (Fsp3) is 0.462. The summed E-state index contributed by atoms with van der Waals surface area (Å²) in [6.07, 6.45) is 1.44. The van der Waals surface area contributed by atoms with Gasteiger partial charge in [0.25, 0.3) is 0 Å². The van der Waals surface area contributed by atoms with E-state index >= 15 is 0 Å². The SMILES string of the molecule is O=C1CC[C@H]2[C@H](c3ccc(F)cc3Cl)NCCN12. The number of hydrogen-bond donors (Lipinski definition) is 1. The Balaban J connectivity index is 1.93. The van der Waals surface area contributed by atoms with Crippen LogP contribution in [0.1, 0.15) is 24.4 Å². The average molecular weight is 269 g/mol. The Hall–Kier alpha value is -1.13. The molecule has 0 radical (unpaired) electrons. The average Bonchev–Trinajstić information content (AvgIpc) is 2.72. The lowest BCUT2D eigenvalue weighted by atomic mass is 9.95. The van der Waals surface area contributed by atoms with Gasteiger partial charge in [-0.2, -0.15) is 0 Å². The van der Waals surface area contributed by atoms with Gasteiger partial charge in [0, 0.05) is 24.5 Å². The lowest BCUT2D eigenvalue weighted by Crippen LogP contribution is -2.51. The molecule has 1 N–H and O–H groups in total. The molecule has 3 nitrogen and oxygen atoms in total. The Morgan fingerprint density at radius 2 is 2.28 bits per heavy atom. The van der Waals surface area contributed by atoms with E-state index in [1.54, 1.807) is 6.07 Å². The van der Waals surface area contributed by atoms with Crippen molar-refractivity contribution < 1.29 is 9.18 Å². The van der Waals surface area contributed by atoms with Crippen molar-refractivity contribution in [1.29, 1.82) is 0 Å². The van der Waals surface area contributed by atoms with Crippen LogP contribution in [0.3, 0.4) is 0 Å². The first kappa shape index (κ1) is 11.9. The van der Waals surface area contributed by atoms with Gasteiger partial charge in [0.2, 0.25) is 5.91 Å². The Morgan fingerprint density at radius 1 is 1.44 bits per heavy atom. The number of hydrogen-bond acceptors (Lipinski definition) is 2. The molecule has 0 bridgehead atoms. The van der Waals surface area contributed by atoms with Crippen molar-refractivity contribution in [1.82, 2.24) is 10.2 Å². The smallest absolute Gasteiger partial charge is 0.223 e. The molecule has 2 aliphatic rings. The topological polar surface area (TPSA) is 32.3 Å².